The van der Waals surface area contributed by atoms with Gasteiger partial charge in [0.15, 0.2) is 0 Å². The molecule has 2 heterocycles. The molecule has 0 radical (unpaired) electrons. The number of fused-ring (bicyclic) bond motifs is 5. The Morgan fingerprint density at radius 3 is 1.32 bits per heavy atom. The van der Waals surface area contributed by atoms with Crippen LogP contribution in [0.5, 0.6) is 0 Å². The minimum Gasteiger partial charge on any atom is -0.135 e. The van der Waals surface area contributed by atoms with Crippen LogP contribution in [0, 0.1) is 0 Å². The molecule has 0 spiro atoms. The first-order valence-corrected chi connectivity index (χ1v) is 26.2. The van der Waals surface area contributed by atoms with Crippen molar-refractivity contribution in [1.82, 2.24) is 0 Å². The maximum atomic E-state index is 4.34. The van der Waals surface area contributed by atoms with Crippen LogP contribution in [0.2, 0.25) is 0 Å². The molecule has 0 saturated carbocycles. The van der Waals surface area contributed by atoms with Gasteiger partial charge in [0, 0.05) is 25.1 Å². The average Bonchev–Trinajstić information content (AvgIpc) is 4.14. The lowest BCUT2D eigenvalue weighted by Gasteiger charge is -2.19. The summed E-state index contributed by atoms with van der Waals surface area (Å²) in [5.74, 6) is 0. The highest BCUT2D eigenvalue weighted by Crippen LogP contribution is 2.49. The molecular formula is C69H50S2. The van der Waals surface area contributed by atoms with E-state index in [1.165, 1.54) is 129 Å². The van der Waals surface area contributed by atoms with Gasteiger partial charge in [-0.25, -0.2) is 0 Å². The zero-order chi connectivity index (χ0) is 48.0. The van der Waals surface area contributed by atoms with E-state index in [0.717, 1.165) is 10.4 Å². The van der Waals surface area contributed by atoms with Crippen molar-refractivity contribution in [3.8, 4) is 75.1 Å². The van der Waals surface area contributed by atoms with Gasteiger partial charge in [0.2, 0.25) is 0 Å². The first-order chi connectivity index (χ1) is 35.1. The first-order valence-electron chi connectivity index (χ1n) is 24.6. The van der Waals surface area contributed by atoms with Crippen LogP contribution in [0.25, 0.3) is 142 Å². The minimum atomic E-state index is 1.04. The summed E-state index contributed by atoms with van der Waals surface area (Å²) in [6, 6.07) is 85.5. The highest BCUT2D eigenvalue weighted by Gasteiger charge is 2.21. The molecule has 0 unspecified atom stereocenters. The van der Waals surface area contributed by atoms with Crippen LogP contribution >= 0.6 is 22.7 Å². The Hall–Kier alpha value is -8.14. The fourth-order valence-corrected chi connectivity index (χ4v) is 12.8. The van der Waals surface area contributed by atoms with Gasteiger partial charge < -0.3 is 0 Å². The van der Waals surface area contributed by atoms with Crippen LogP contribution in [-0.2, 0) is 0 Å². The van der Waals surface area contributed by atoms with Gasteiger partial charge in [-0.05, 0) is 164 Å². The van der Waals surface area contributed by atoms with Crippen molar-refractivity contribution < 1.29 is 0 Å². The molecule has 0 amide bonds. The van der Waals surface area contributed by atoms with E-state index < -0.39 is 0 Å². The first kappa shape index (κ1) is 44.1. The molecule has 2 aromatic heterocycles. The SMILES string of the molecule is C=c1ccc(-c2c3ccccc3c(-c3ccc4ccccc4c3)c3cc(-c4ccc(-c5c6ccccc6c(-c6ccc(-c7ccc(-c8ccccc8)s7)cc6)c6ccccc56)s4)ccc23)c/c1=C/C.CC. The molecule has 0 aliphatic heterocycles. The molecule has 0 aliphatic rings. The van der Waals surface area contributed by atoms with Crippen molar-refractivity contribution in [1.29, 1.82) is 0 Å². The zero-order valence-electron chi connectivity index (χ0n) is 40.0. The second-order valence-electron chi connectivity index (χ2n) is 17.9. The predicted molar refractivity (Wildman–Crippen MR) is 314 cm³/mol. The number of benzene rings is 11. The van der Waals surface area contributed by atoms with Crippen LogP contribution in [0.15, 0.2) is 231 Å². The van der Waals surface area contributed by atoms with Crippen LogP contribution in [0.4, 0.5) is 0 Å². The molecule has 13 aromatic rings. The molecule has 0 fully saturated rings. The van der Waals surface area contributed by atoms with E-state index in [2.05, 4.69) is 250 Å². The molecule has 11 aromatic carbocycles. The summed E-state index contributed by atoms with van der Waals surface area (Å²) in [4.78, 5) is 5.07. The molecule has 0 aliphatic carbocycles. The lowest BCUT2D eigenvalue weighted by atomic mass is 9.84. The normalized spacial score (nSPS) is 11.7. The van der Waals surface area contributed by atoms with Gasteiger partial charge in [0.05, 0.1) is 0 Å². The van der Waals surface area contributed by atoms with Crippen molar-refractivity contribution in [2.45, 2.75) is 20.8 Å². The molecule has 0 nitrogen and oxygen atoms in total. The number of thiophene rings is 2. The van der Waals surface area contributed by atoms with E-state index in [0.29, 0.717) is 0 Å². The quantitative estimate of drug-likeness (QED) is 0.140. The van der Waals surface area contributed by atoms with Gasteiger partial charge >= 0.3 is 0 Å². The predicted octanol–water partition coefficient (Wildman–Crippen LogP) is 19.5. The Kier molecular flexibility index (Phi) is 11.6. The highest BCUT2D eigenvalue weighted by molar-refractivity contribution is 7.19. The molecule has 71 heavy (non-hydrogen) atoms. The Morgan fingerprint density at radius 2 is 0.704 bits per heavy atom. The smallest absolute Gasteiger partial charge is 0.0361 e. The molecule has 13 rings (SSSR count). The maximum absolute atomic E-state index is 4.34. The summed E-state index contributed by atoms with van der Waals surface area (Å²) >= 11 is 3.73. The van der Waals surface area contributed by atoms with Crippen LogP contribution in [-0.4, -0.2) is 0 Å². The zero-order valence-corrected chi connectivity index (χ0v) is 41.7. The van der Waals surface area contributed by atoms with Gasteiger partial charge in [0.25, 0.3) is 0 Å². The van der Waals surface area contributed by atoms with Crippen molar-refractivity contribution in [2.75, 3.05) is 0 Å². The number of hydrogen-bond acceptors (Lipinski definition) is 2. The highest BCUT2D eigenvalue weighted by atomic mass is 32.1. The van der Waals surface area contributed by atoms with Crippen molar-refractivity contribution in [3.63, 3.8) is 0 Å². The molecule has 338 valence electrons. The Bertz CT molecular complexity index is 4210. The van der Waals surface area contributed by atoms with Crippen molar-refractivity contribution in [2.24, 2.45) is 0 Å². The monoisotopic (exact) mass is 942 g/mol. The van der Waals surface area contributed by atoms with Crippen LogP contribution < -0.4 is 10.4 Å². The summed E-state index contributed by atoms with van der Waals surface area (Å²) < 4.78 is 0. The lowest BCUT2D eigenvalue weighted by molar-refractivity contribution is 1.50. The van der Waals surface area contributed by atoms with Gasteiger partial charge in [0.1, 0.15) is 0 Å². The summed E-state index contributed by atoms with van der Waals surface area (Å²) in [5, 5.41) is 14.7. The molecule has 0 bridgehead atoms. The van der Waals surface area contributed by atoms with Crippen molar-refractivity contribution >= 4 is 89.2 Å². The van der Waals surface area contributed by atoms with Crippen molar-refractivity contribution in [3.05, 3.63) is 241 Å². The Labute approximate surface area is 423 Å². The topological polar surface area (TPSA) is 0 Å². The number of hydrogen-bond donors (Lipinski definition) is 0. The molecule has 0 atom stereocenters. The van der Waals surface area contributed by atoms with E-state index in [-0.39, 0.29) is 0 Å². The fourth-order valence-electron chi connectivity index (χ4n) is 10.7. The molecule has 0 N–H and O–H groups in total. The van der Waals surface area contributed by atoms with Gasteiger partial charge in [-0.2, -0.15) is 0 Å². The summed E-state index contributed by atoms with van der Waals surface area (Å²) in [6.07, 6.45) is 2.16. The summed E-state index contributed by atoms with van der Waals surface area (Å²) in [5.41, 5.74) is 12.4. The largest absolute Gasteiger partial charge is 0.135 e. The Balaban J connectivity index is 0.00000256. The van der Waals surface area contributed by atoms with E-state index in [1.807, 2.05) is 36.5 Å². The summed E-state index contributed by atoms with van der Waals surface area (Å²) in [7, 11) is 0. The van der Waals surface area contributed by atoms with E-state index in [1.54, 1.807) is 0 Å². The molecular weight excluding hydrogens is 893 g/mol. The van der Waals surface area contributed by atoms with Gasteiger partial charge in [-0.3, -0.25) is 0 Å². The fraction of sp³-hybridized carbons (Fsp3) is 0.0435. The average molecular weight is 943 g/mol. The molecule has 2 heteroatoms. The van der Waals surface area contributed by atoms with Gasteiger partial charge in [-0.15, -0.1) is 22.7 Å². The Morgan fingerprint density at radius 1 is 0.296 bits per heavy atom. The van der Waals surface area contributed by atoms with E-state index in [4.69, 9.17) is 0 Å². The minimum absolute atomic E-state index is 1.04. The molecule has 0 saturated heterocycles. The number of rotatable bonds is 7. The standard InChI is InChI=1S/C67H44S2.C2H6/c1-3-43-39-50(26-25-42(43)2)65-52-19-9-10-20-53(52)66(51-32-27-44-15-7-8-18-48(44)40-51)59-41-49(33-34-58(59)65)62-37-38-63(69-62)67-56-23-13-11-21-54(56)64(55-22-12-14-24-57(55)67)47-30-28-46(29-31-47)61-36-35-60(68-61)45-16-5-4-6-17-45;1-2/h3-41H,2H2,1H3;1-2H3/b43-3-;. The second-order valence-corrected chi connectivity index (χ2v) is 20.1. The van der Waals surface area contributed by atoms with E-state index in [9.17, 15) is 0 Å². The lowest BCUT2D eigenvalue weighted by Crippen LogP contribution is -2.21. The maximum Gasteiger partial charge on any atom is 0.0361 e. The third-order valence-electron chi connectivity index (χ3n) is 14.0. The van der Waals surface area contributed by atoms with Gasteiger partial charge in [-0.1, -0.05) is 215 Å². The third-order valence-corrected chi connectivity index (χ3v) is 16.3. The van der Waals surface area contributed by atoms with Crippen LogP contribution in [0.3, 0.4) is 0 Å². The van der Waals surface area contributed by atoms with Crippen LogP contribution in [0.1, 0.15) is 20.8 Å². The third kappa shape index (κ3) is 7.77. The van der Waals surface area contributed by atoms with E-state index >= 15 is 0 Å². The summed E-state index contributed by atoms with van der Waals surface area (Å²) in [6.45, 7) is 10.4. The second kappa shape index (κ2) is 18.6.